The molecule has 17 nitrogen and oxygen atoms in total. The summed E-state index contributed by atoms with van der Waals surface area (Å²) in [5, 5.41) is 48.7. The number of carbonyl (C=O) groups is 2. The predicted molar refractivity (Wildman–Crippen MR) is 422 cm³/mol. The lowest BCUT2D eigenvalue weighted by molar-refractivity contribution is -0.155. The lowest BCUT2D eigenvalue weighted by Crippen LogP contribution is -2.31. The molecule has 107 heavy (non-hydrogen) atoms. The molecule has 548 valence electrons. The van der Waals surface area contributed by atoms with Crippen LogP contribution in [-0.4, -0.2) is 113 Å². The molecule has 0 saturated heterocycles. The third kappa shape index (κ3) is 22.2. The highest BCUT2D eigenvalue weighted by Gasteiger charge is 2.25. The van der Waals surface area contributed by atoms with Crippen molar-refractivity contribution in [3.8, 4) is 136 Å². The standard InChI is InChI=1S/C44H43N3O4.C41H37N3O5.C5H12O2/c1-3-4-5-6-7-14-29-50-44(49)31(2)51-38-27-28-39(40(48)30-38)43-46-41(36-23-19-34(20-24-36)32-15-10-8-11-16-32)45-42(47-43)37-25-21-35(22-26-37)33-17-12-9-13-18-33;1-27(40(47)48-26-41(2,3)25-45)49-34-22-23-35(36(46)24-34)39-43-37(32-18-14-30(15-19-32)28-10-6-4-7-11-28)42-38(44-39)33-20-16-31(17-21-33)29-12-8-5-9-13-29;1-5(2,3-6)4-7/h8-13,15-28,30-31,48H,3-7,14,29H2,1-2H3;4-24,27,45-46H,25-26H2,1-3H3;6-7H,3-4H2,1-2H3. The van der Waals surface area contributed by atoms with E-state index in [1.54, 1.807) is 65.8 Å². The van der Waals surface area contributed by atoms with E-state index < -0.39 is 29.6 Å². The van der Waals surface area contributed by atoms with Gasteiger partial charge in [-0.3, -0.25) is 0 Å². The van der Waals surface area contributed by atoms with E-state index in [1.807, 2.05) is 170 Å². The van der Waals surface area contributed by atoms with Crippen molar-refractivity contribution in [1.29, 1.82) is 0 Å². The fourth-order valence-corrected chi connectivity index (χ4v) is 11.0. The Hall–Kier alpha value is -11.8. The van der Waals surface area contributed by atoms with Gasteiger partial charge in [-0.15, -0.1) is 0 Å². The van der Waals surface area contributed by atoms with E-state index in [9.17, 15) is 24.9 Å². The summed E-state index contributed by atoms with van der Waals surface area (Å²) in [5.74, 6) is 1.84. The van der Waals surface area contributed by atoms with Gasteiger partial charge in [0.1, 0.15) is 23.0 Å². The van der Waals surface area contributed by atoms with Gasteiger partial charge in [0.15, 0.2) is 47.2 Å². The minimum Gasteiger partial charge on any atom is -0.507 e. The Balaban J connectivity index is 0.000000210. The van der Waals surface area contributed by atoms with Gasteiger partial charge >= 0.3 is 11.9 Å². The fourth-order valence-electron chi connectivity index (χ4n) is 11.0. The molecule has 10 aromatic carbocycles. The number of carbonyl (C=O) groups excluding carboxylic acids is 2. The second-order valence-electron chi connectivity index (χ2n) is 27.6. The average molecular weight is 1430 g/mol. The maximum Gasteiger partial charge on any atom is 0.347 e. The van der Waals surface area contributed by atoms with Crippen molar-refractivity contribution in [2.45, 2.75) is 99.2 Å². The molecule has 0 bridgehead atoms. The number of aliphatic hydroxyl groups excluding tert-OH is 3. The van der Waals surface area contributed by atoms with Crippen LogP contribution in [0, 0.1) is 10.8 Å². The number of nitrogens with zero attached hydrogens (tertiary/aromatic N) is 6. The van der Waals surface area contributed by atoms with Crippen LogP contribution >= 0.6 is 0 Å². The number of phenolic OH excluding ortho intramolecular Hbond substituents is 2. The molecule has 12 rings (SSSR count). The maximum absolute atomic E-state index is 12.6. The first-order valence-corrected chi connectivity index (χ1v) is 36.1. The van der Waals surface area contributed by atoms with Crippen LogP contribution in [0.2, 0.25) is 0 Å². The summed E-state index contributed by atoms with van der Waals surface area (Å²) in [4.78, 5) is 54.0. The number of benzene rings is 10. The molecule has 0 aliphatic rings. The molecule has 0 amide bonds. The molecule has 0 aliphatic heterocycles. The Bertz CT molecular complexity index is 4590. The van der Waals surface area contributed by atoms with Gasteiger partial charge in [0.2, 0.25) is 0 Å². The lowest BCUT2D eigenvalue weighted by Gasteiger charge is -2.22. The van der Waals surface area contributed by atoms with Crippen LogP contribution in [-0.2, 0) is 19.1 Å². The normalized spacial score (nSPS) is 11.8. The van der Waals surface area contributed by atoms with Crippen molar-refractivity contribution in [1.82, 2.24) is 29.9 Å². The van der Waals surface area contributed by atoms with E-state index in [2.05, 4.69) is 55.5 Å². The molecule has 0 saturated carbocycles. The van der Waals surface area contributed by atoms with Gasteiger partial charge in [-0.05, 0) is 89.0 Å². The Morgan fingerprint density at radius 3 is 0.897 bits per heavy atom. The van der Waals surface area contributed by atoms with Gasteiger partial charge in [-0.1, -0.05) is 285 Å². The molecule has 2 atom stereocenters. The second-order valence-corrected chi connectivity index (χ2v) is 27.6. The van der Waals surface area contributed by atoms with Crippen LogP contribution in [0.25, 0.3) is 113 Å². The zero-order valence-corrected chi connectivity index (χ0v) is 61.6. The quantitative estimate of drug-likeness (QED) is 0.0226. The minimum atomic E-state index is -0.937. The first-order chi connectivity index (χ1) is 51.8. The number of aromatic nitrogens is 6. The van der Waals surface area contributed by atoms with E-state index in [0.29, 0.717) is 52.6 Å². The van der Waals surface area contributed by atoms with Crippen LogP contribution in [0.3, 0.4) is 0 Å². The summed E-state index contributed by atoms with van der Waals surface area (Å²) in [7, 11) is 0. The Labute approximate surface area is 626 Å². The van der Waals surface area contributed by atoms with Gasteiger partial charge in [-0.25, -0.2) is 39.5 Å². The first-order valence-electron chi connectivity index (χ1n) is 36.1. The smallest absolute Gasteiger partial charge is 0.347 e. The van der Waals surface area contributed by atoms with E-state index in [1.165, 1.54) is 31.4 Å². The zero-order chi connectivity index (χ0) is 75.7. The van der Waals surface area contributed by atoms with Gasteiger partial charge in [0, 0.05) is 45.2 Å². The van der Waals surface area contributed by atoms with Crippen LogP contribution in [0.4, 0.5) is 0 Å². The summed E-state index contributed by atoms with van der Waals surface area (Å²) in [6, 6.07) is 82.4. The molecule has 0 radical (unpaired) electrons. The molecule has 0 fully saturated rings. The molecule has 2 heterocycles. The van der Waals surface area contributed by atoms with Gasteiger partial charge < -0.3 is 44.5 Å². The number of aromatic hydroxyl groups is 2. The summed E-state index contributed by atoms with van der Waals surface area (Å²) < 4.78 is 22.4. The van der Waals surface area contributed by atoms with E-state index in [0.717, 1.165) is 86.0 Å². The van der Waals surface area contributed by atoms with Gasteiger partial charge in [0.05, 0.1) is 44.2 Å². The molecular formula is C90H92N6O11. The molecule has 12 aromatic rings. The summed E-state index contributed by atoms with van der Waals surface area (Å²) in [6.45, 7) is 13.0. The van der Waals surface area contributed by atoms with Crippen LogP contribution in [0.5, 0.6) is 23.0 Å². The molecule has 2 unspecified atom stereocenters. The average Bonchev–Trinajstić information content (AvgIpc) is 0.792. The van der Waals surface area contributed by atoms with Crippen molar-refractivity contribution in [2.75, 3.05) is 33.0 Å². The number of ether oxygens (including phenoxy) is 4. The third-order valence-electron chi connectivity index (χ3n) is 17.6. The minimum absolute atomic E-state index is 0.0451. The number of esters is 2. The van der Waals surface area contributed by atoms with Crippen molar-refractivity contribution in [3.63, 3.8) is 0 Å². The third-order valence-corrected chi connectivity index (χ3v) is 17.6. The highest BCUT2D eigenvalue weighted by atomic mass is 16.6. The SMILES string of the molecule is CC(C)(CO)CO.CC(Oc1ccc(-c2nc(-c3ccc(-c4ccccc4)cc3)nc(-c3ccc(-c4ccccc4)cc3)n2)c(O)c1)C(=O)OCC(C)(C)CO.CCCCCCCCOC(=O)C(C)Oc1ccc(-c2nc(-c3ccc(-c4ccccc4)cc3)nc(-c3ccc(-c4ccccc4)cc3)n2)c(O)c1. The monoisotopic (exact) mass is 1430 g/mol. The van der Waals surface area contributed by atoms with Gasteiger partial charge in [-0.2, -0.15) is 0 Å². The van der Waals surface area contributed by atoms with Crippen LogP contribution in [0.1, 0.15) is 87.0 Å². The van der Waals surface area contributed by atoms with Crippen LogP contribution in [0.15, 0.2) is 255 Å². The van der Waals surface area contributed by atoms with Gasteiger partial charge in [0.25, 0.3) is 0 Å². The Morgan fingerprint density at radius 1 is 0.336 bits per heavy atom. The molecule has 5 N–H and O–H groups in total. The molecule has 0 spiro atoms. The predicted octanol–water partition coefficient (Wildman–Crippen LogP) is 18.8. The molecule has 2 aromatic heterocycles. The van der Waals surface area contributed by atoms with E-state index >= 15 is 0 Å². The highest BCUT2D eigenvalue weighted by Crippen LogP contribution is 2.37. The van der Waals surface area contributed by atoms with Crippen LogP contribution < -0.4 is 9.47 Å². The van der Waals surface area contributed by atoms with Crippen molar-refractivity contribution >= 4 is 11.9 Å². The number of unbranched alkanes of at least 4 members (excludes halogenated alkanes) is 5. The molecule has 17 heteroatoms. The Morgan fingerprint density at radius 2 is 0.607 bits per heavy atom. The molecule has 0 aliphatic carbocycles. The summed E-state index contributed by atoms with van der Waals surface area (Å²) >= 11 is 0. The molecular weight excluding hydrogens is 1340 g/mol. The zero-order valence-electron chi connectivity index (χ0n) is 61.6. The summed E-state index contributed by atoms with van der Waals surface area (Å²) in [5.41, 5.74) is 11.9. The first kappa shape index (κ1) is 77.8. The fraction of sp³-hybridized carbons (Fsp3) is 0.244. The number of hydrogen-bond acceptors (Lipinski definition) is 17. The van der Waals surface area contributed by atoms with E-state index in [-0.39, 0.29) is 54.9 Å². The maximum atomic E-state index is 12.6. The topological polar surface area (TPSA) is 250 Å². The van der Waals surface area contributed by atoms with Crippen molar-refractivity contribution in [3.05, 3.63) is 255 Å². The second kappa shape index (κ2) is 37.8. The van der Waals surface area contributed by atoms with Crippen molar-refractivity contribution < 1.29 is 54.1 Å². The Kier molecular flexibility index (Phi) is 27.5. The number of hydrogen-bond donors (Lipinski definition) is 5. The number of aliphatic hydroxyl groups is 3. The number of rotatable bonds is 28. The van der Waals surface area contributed by atoms with E-state index in [4.69, 9.17) is 59.1 Å². The summed E-state index contributed by atoms with van der Waals surface area (Å²) in [6.07, 6.45) is 4.90. The number of phenols is 2. The lowest BCUT2D eigenvalue weighted by atomic mass is 9.97. The highest BCUT2D eigenvalue weighted by molar-refractivity contribution is 5.78. The van der Waals surface area contributed by atoms with Crippen molar-refractivity contribution in [2.24, 2.45) is 10.8 Å². The largest absolute Gasteiger partial charge is 0.507 e.